The highest BCUT2D eigenvalue weighted by atomic mass is 35.5. The maximum Gasteiger partial charge on any atom is 0.408 e. The van der Waals surface area contributed by atoms with Gasteiger partial charge in [0.05, 0.1) is 35.1 Å². The molecule has 0 spiro atoms. The maximum atomic E-state index is 12.4. The number of carbonyl (C=O) groups excluding carboxylic acids is 4. The second kappa shape index (κ2) is 25.7. The number of carbonyl (C=O) groups is 6. The minimum atomic E-state index is -1.03. The summed E-state index contributed by atoms with van der Waals surface area (Å²) in [6, 6.07) is 34.3. The molecule has 0 aliphatic carbocycles. The number of ether oxygens (including phenoxy) is 4. The van der Waals surface area contributed by atoms with Crippen molar-refractivity contribution in [2.45, 2.75) is 91.5 Å². The Morgan fingerprint density at radius 2 is 0.944 bits per heavy atom. The first kappa shape index (κ1) is 55.7. The number of carboxylic acid groups (broad SMARTS) is 2. The zero-order valence-electron chi connectivity index (χ0n) is 41.0. The first-order valence-corrected chi connectivity index (χ1v) is 23.0. The summed E-state index contributed by atoms with van der Waals surface area (Å²) >= 11 is 5.82. The molecule has 2 amide bonds. The molecule has 0 saturated carbocycles. The Hall–Kier alpha value is -7.85. The van der Waals surface area contributed by atoms with Crippen molar-refractivity contribution in [2.75, 3.05) is 24.3 Å². The van der Waals surface area contributed by atoms with Crippen LogP contribution in [0.25, 0.3) is 21.5 Å². The number of halogens is 1. The van der Waals surface area contributed by atoms with Gasteiger partial charge in [-0.2, -0.15) is 0 Å². The summed E-state index contributed by atoms with van der Waals surface area (Å²) in [5.41, 5.74) is 8.04. The topological polar surface area (TPSA) is 242 Å². The molecule has 6 aromatic carbocycles. The molecule has 6 aromatic rings. The molecule has 71 heavy (non-hydrogen) atoms. The van der Waals surface area contributed by atoms with Gasteiger partial charge in [-0.3, -0.25) is 0 Å². The van der Waals surface area contributed by atoms with Gasteiger partial charge in [-0.05, 0) is 137 Å². The summed E-state index contributed by atoms with van der Waals surface area (Å²) in [6.45, 7) is 14.3. The summed E-state index contributed by atoms with van der Waals surface area (Å²) in [4.78, 5) is 71.0. The van der Waals surface area contributed by atoms with Gasteiger partial charge in [0.1, 0.15) is 23.3 Å². The van der Waals surface area contributed by atoms with Gasteiger partial charge in [-0.25, -0.2) is 28.8 Å². The summed E-state index contributed by atoms with van der Waals surface area (Å²) in [5.74, 6) is -3.07. The molecule has 0 fully saturated rings. The number of nitrogens with one attached hydrogen (secondary N) is 3. The summed E-state index contributed by atoms with van der Waals surface area (Å²) < 4.78 is 20.5. The second-order valence-electron chi connectivity index (χ2n) is 17.9. The Morgan fingerprint density at radius 1 is 0.563 bits per heavy atom. The third kappa shape index (κ3) is 18.5. The minimum Gasteiger partial charge on any atom is -0.478 e. The third-order valence-corrected chi connectivity index (χ3v) is 10.1. The van der Waals surface area contributed by atoms with Gasteiger partial charge >= 0.3 is 36.1 Å². The van der Waals surface area contributed by atoms with Crippen LogP contribution >= 0.6 is 11.6 Å². The number of benzene rings is 6. The van der Waals surface area contributed by atoms with E-state index in [1.54, 1.807) is 128 Å². The van der Waals surface area contributed by atoms with Crippen LogP contribution in [0.1, 0.15) is 87.2 Å². The van der Waals surface area contributed by atoms with Crippen LogP contribution in [-0.4, -0.2) is 82.8 Å². The lowest BCUT2D eigenvalue weighted by Gasteiger charge is -2.23. The maximum absolute atomic E-state index is 12.4. The Bertz CT molecular complexity index is 2800. The highest BCUT2D eigenvalue weighted by Gasteiger charge is 2.27. The van der Waals surface area contributed by atoms with Crippen molar-refractivity contribution in [1.29, 1.82) is 0 Å². The number of nitrogens with two attached hydrogens (primary N) is 1. The van der Waals surface area contributed by atoms with Crippen LogP contribution < -0.4 is 21.7 Å². The van der Waals surface area contributed by atoms with Gasteiger partial charge in [0.2, 0.25) is 0 Å². The van der Waals surface area contributed by atoms with Gasteiger partial charge in [-0.15, -0.1) is 0 Å². The van der Waals surface area contributed by atoms with Crippen LogP contribution in [0.15, 0.2) is 121 Å². The number of hydrogen-bond donors (Lipinski definition) is 6. The predicted octanol–water partition coefficient (Wildman–Crippen LogP) is 10.7. The molecule has 6 rings (SSSR count). The Labute approximate surface area is 417 Å². The molecule has 7 N–H and O–H groups in total. The predicted molar refractivity (Wildman–Crippen MR) is 274 cm³/mol. The number of hydrogen-bond acceptors (Lipinski definition) is 12. The first-order valence-electron chi connectivity index (χ1n) is 22.7. The van der Waals surface area contributed by atoms with Crippen LogP contribution in [0, 0.1) is 0 Å². The molecule has 0 heterocycles. The molecule has 0 radical (unpaired) electrons. The van der Waals surface area contributed by atoms with Crippen LogP contribution in [0.2, 0.25) is 5.02 Å². The van der Waals surface area contributed by atoms with E-state index in [9.17, 15) is 33.9 Å². The molecule has 376 valence electrons. The van der Waals surface area contributed by atoms with Crippen LogP contribution in [-0.2, 0) is 41.4 Å². The van der Waals surface area contributed by atoms with Crippen molar-refractivity contribution in [3.63, 3.8) is 0 Å². The monoisotopic (exact) mass is 992 g/mol. The number of amides is 2. The fourth-order valence-electron chi connectivity index (χ4n) is 6.67. The molecule has 17 heteroatoms. The number of anilines is 3. The molecule has 16 nitrogen and oxygen atoms in total. The Balaban J connectivity index is 0.000000258. The number of rotatable bonds is 14. The van der Waals surface area contributed by atoms with E-state index in [1.807, 2.05) is 48.5 Å². The van der Waals surface area contributed by atoms with Crippen molar-refractivity contribution in [3.8, 4) is 0 Å². The third-order valence-electron chi connectivity index (χ3n) is 9.80. The number of esters is 2. The molecular weight excluding hydrogens is 932 g/mol. The minimum absolute atomic E-state index is 0.144. The smallest absolute Gasteiger partial charge is 0.408 e. The fourth-order valence-corrected chi connectivity index (χ4v) is 6.93. The van der Waals surface area contributed by atoms with E-state index in [2.05, 4.69) is 16.0 Å². The summed E-state index contributed by atoms with van der Waals surface area (Å²) in [5, 5.41) is 30.7. The zero-order valence-corrected chi connectivity index (χ0v) is 41.7. The van der Waals surface area contributed by atoms with E-state index in [0.29, 0.717) is 23.5 Å². The zero-order chi connectivity index (χ0) is 52.5. The van der Waals surface area contributed by atoms with Gasteiger partial charge in [0.15, 0.2) is 0 Å². The number of aromatic carboxylic acids is 2. The SMILES string of the molecule is CCOC(=O)[C@@H](Cc1ccc(N)cc1)NC(=O)OC(C)(C)C.CCOC(=O)[C@@H](Cc1ccc(Nc2cc3ccccc3cc2C(=O)O)cc1)NC(=O)OC(C)(C)C.O=C(O)c1cc2ccccc2cc1Cl. The first-order chi connectivity index (χ1) is 33.4. The van der Waals surface area contributed by atoms with E-state index in [-0.39, 0.29) is 35.8 Å². The highest BCUT2D eigenvalue weighted by Crippen LogP contribution is 2.28. The molecule has 0 aliphatic rings. The van der Waals surface area contributed by atoms with Crippen molar-refractivity contribution in [2.24, 2.45) is 0 Å². The fraction of sp³-hybridized carbons (Fsp3) is 0.296. The largest absolute Gasteiger partial charge is 0.478 e. The van der Waals surface area contributed by atoms with Gasteiger partial charge in [0, 0.05) is 24.2 Å². The van der Waals surface area contributed by atoms with E-state index in [0.717, 1.165) is 32.7 Å². The van der Waals surface area contributed by atoms with E-state index < -0.39 is 59.3 Å². The molecule has 2 atom stereocenters. The molecule has 0 unspecified atom stereocenters. The van der Waals surface area contributed by atoms with Crippen LogP contribution in [0.3, 0.4) is 0 Å². The number of alkyl carbamates (subject to hydrolysis) is 2. The quantitative estimate of drug-likeness (QED) is 0.0338. The van der Waals surface area contributed by atoms with E-state index >= 15 is 0 Å². The van der Waals surface area contributed by atoms with Gasteiger partial charge in [-0.1, -0.05) is 84.4 Å². The summed E-state index contributed by atoms with van der Waals surface area (Å²) in [6.07, 6.45) is -0.847. The van der Waals surface area contributed by atoms with Gasteiger partial charge < -0.3 is 50.8 Å². The Kier molecular flexibility index (Phi) is 20.2. The molecular formula is C54H61ClN4O12. The second-order valence-corrected chi connectivity index (χ2v) is 18.3. The van der Waals surface area contributed by atoms with E-state index in [4.69, 9.17) is 41.4 Å². The highest BCUT2D eigenvalue weighted by molar-refractivity contribution is 6.34. The average Bonchev–Trinajstić information content (AvgIpc) is 3.28. The lowest BCUT2D eigenvalue weighted by Crippen LogP contribution is -2.45. The average molecular weight is 994 g/mol. The number of carboxylic acids is 2. The lowest BCUT2D eigenvalue weighted by molar-refractivity contribution is -0.146. The van der Waals surface area contributed by atoms with Crippen LogP contribution in [0.5, 0.6) is 0 Å². The molecule has 0 aromatic heterocycles. The van der Waals surface area contributed by atoms with Gasteiger partial charge in [0.25, 0.3) is 0 Å². The van der Waals surface area contributed by atoms with Crippen molar-refractivity contribution in [1.82, 2.24) is 10.6 Å². The van der Waals surface area contributed by atoms with Crippen LogP contribution in [0.4, 0.5) is 26.7 Å². The summed E-state index contributed by atoms with van der Waals surface area (Å²) in [7, 11) is 0. The van der Waals surface area contributed by atoms with Crippen molar-refractivity contribution < 1.29 is 57.9 Å². The van der Waals surface area contributed by atoms with E-state index in [1.165, 1.54) is 0 Å². The lowest BCUT2D eigenvalue weighted by atomic mass is 10.0. The molecule has 0 aliphatic heterocycles. The molecule has 0 saturated heterocycles. The normalized spacial score (nSPS) is 11.8. The Morgan fingerprint density at radius 3 is 1.34 bits per heavy atom. The number of fused-ring (bicyclic) bond motifs is 2. The van der Waals surface area contributed by atoms with Crippen molar-refractivity contribution >= 4 is 86.3 Å². The number of nitrogen functional groups attached to an aromatic ring is 1. The molecule has 0 bridgehead atoms. The van der Waals surface area contributed by atoms with Crippen molar-refractivity contribution in [3.05, 3.63) is 149 Å². The standard InChI is InChI=1S/C27H30N2O6.C16H24N2O4.C11H7ClO2/c1-5-34-25(32)23(29-26(33)35-27(2,3)4)14-17-10-12-20(13-11-17)28-22-16-19-9-7-6-8-18(19)15-21(22)24(30)31;1-5-21-14(19)13(18-15(20)22-16(2,3)4)10-11-6-8-12(17)9-7-11;12-10-6-8-4-2-1-3-7(8)5-9(10)11(13)14/h6-13,15-16,23,28H,5,14H2,1-4H3,(H,29,33)(H,30,31);6-9,13H,5,10,17H2,1-4H3,(H,18,20);1-6H,(H,13,14)/t23-;13-;/m11./s1.